The number of hydrogen-bond donors (Lipinski definition) is 3. The molecular formula is C64H86O4. The van der Waals surface area contributed by atoms with Crippen LogP contribution in [-0.4, -0.2) is 37.9 Å². The molecule has 0 aromatic carbocycles. The molecule has 0 heterocycles. The minimum absolute atomic E-state index is 0.0290. The van der Waals surface area contributed by atoms with Crippen LogP contribution in [0.2, 0.25) is 0 Å². The lowest BCUT2D eigenvalue weighted by atomic mass is 9.48. The number of allylic oxidation sites excluding steroid dienone is 7. The summed E-state index contributed by atoms with van der Waals surface area (Å²) in [5.74, 6) is 16.6. The Labute approximate surface area is 412 Å². The average molecular weight is 919 g/mol. The molecular weight excluding hydrogens is 833 g/mol. The average Bonchev–Trinajstić information content (AvgIpc) is 3.94. The van der Waals surface area contributed by atoms with Crippen molar-refractivity contribution in [3.8, 4) is 37.0 Å². The molecule has 9 fully saturated rings. The minimum atomic E-state index is -0.973. The number of terminal acetylenes is 3. The van der Waals surface area contributed by atoms with Gasteiger partial charge in [-0.3, -0.25) is 4.79 Å². The second-order valence-electron chi connectivity index (χ2n) is 25.4. The van der Waals surface area contributed by atoms with Crippen molar-refractivity contribution in [3.63, 3.8) is 0 Å². The van der Waals surface area contributed by atoms with E-state index in [-0.39, 0.29) is 16.2 Å². The number of ketones is 1. The summed E-state index contributed by atoms with van der Waals surface area (Å²) in [4.78, 5) is 11.8. The Morgan fingerprint density at radius 2 is 1.03 bits per heavy atom. The molecule has 0 amide bonds. The van der Waals surface area contributed by atoms with E-state index in [0.717, 1.165) is 114 Å². The second kappa shape index (κ2) is 17.9. The molecule has 0 aromatic heterocycles. The number of carbonyl (C=O) groups is 1. The normalized spacial score (nSPS) is 49.3. The van der Waals surface area contributed by atoms with E-state index in [1.165, 1.54) is 87.3 Å². The lowest BCUT2D eigenvalue weighted by molar-refractivity contribution is -0.116. The molecule has 12 aliphatic rings. The second-order valence-corrected chi connectivity index (χ2v) is 25.4. The van der Waals surface area contributed by atoms with Crippen LogP contribution in [0.15, 0.2) is 59.3 Å². The van der Waals surface area contributed by atoms with Crippen molar-refractivity contribution in [2.24, 2.45) is 87.3 Å². The highest BCUT2D eigenvalue weighted by atomic mass is 16.3. The van der Waals surface area contributed by atoms with Crippen LogP contribution in [0.3, 0.4) is 0 Å². The number of rotatable bonds is 2. The molecule has 12 rings (SSSR count). The van der Waals surface area contributed by atoms with Crippen molar-refractivity contribution in [3.05, 3.63) is 59.3 Å². The van der Waals surface area contributed by atoms with E-state index in [1.807, 2.05) is 6.08 Å². The van der Waals surface area contributed by atoms with Gasteiger partial charge in [0.2, 0.25) is 0 Å². The molecule has 68 heavy (non-hydrogen) atoms. The highest BCUT2D eigenvalue weighted by molar-refractivity contribution is 5.91. The van der Waals surface area contributed by atoms with Gasteiger partial charge in [0, 0.05) is 22.7 Å². The maximum Gasteiger partial charge on any atom is 0.155 e. The highest BCUT2D eigenvalue weighted by Crippen LogP contribution is 2.70. The zero-order valence-corrected chi connectivity index (χ0v) is 42.4. The van der Waals surface area contributed by atoms with E-state index in [2.05, 4.69) is 63.8 Å². The van der Waals surface area contributed by atoms with Gasteiger partial charge in [0.25, 0.3) is 0 Å². The third-order valence-electron chi connectivity index (χ3n) is 23.7. The van der Waals surface area contributed by atoms with Crippen LogP contribution < -0.4 is 0 Å². The van der Waals surface area contributed by atoms with Crippen molar-refractivity contribution in [2.75, 3.05) is 0 Å². The molecule has 0 unspecified atom stereocenters. The standard InChI is InChI=1S/C22H28O2.C22H30O.C20H28O/c1-4-21-13-14(3)20-17-9-7-16(23)12-15(17)6-8-18(20)19(21)10-11-22(21,24)5-2;1-4-21-14-15(3)20-17-9-7-6-8-16(17)10-11-18(20)19(21)12-13-22(21,23)5-2;1-3-20(21)13-11-18-17-9-8-14-6-4-5-7-15(14)16(17)10-12-19(18,20)2/h2,12,17-20,24H,3-4,6-11,13H2,1H3;2,8,17-20,23H,3-4,6-7,9-14H2,1H3;1,6,15-18,21H,4-5,7-13H2,2H3/t2*17-,18-,19-,20+,21-,22-;15-,16+,17+,18-,19-,20-/m000/s1. The first-order valence-electron chi connectivity index (χ1n) is 28.2. The smallest absolute Gasteiger partial charge is 0.155 e. The van der Waals surface area contributed by atoms with Gasteiger partial charge in [-0.05, 0) is 238 Å². The summed E-state index contributed by atoms with van der Waals surface area (Å²) in [5, 5.41) is 33.3. The first-order valence-corrected chi connectivity index (χ1v) is 28.2. The molecule has 0 aromatic rings. The molecule has 9 saturated carbocycles. The van der Waals surface area contributed by atoms with E-state index in [4.69, 9.17) is 19.3 Å². The predicted molar refractivity (Wildman–Crippen MR) is 275 cm³/mol. The summed E-state index contributed by atoms with van der Waals surface area (Å²) in [7, 11) is 0. The number of hydrogen-bond acceptors (Lipinski definition) is 4. The van der Waals surface area contributed by atoms with Crippen LogP contribution in [-0.2, 0) is 4.79 Å². The van der Waals surface area contributed by atoms with Crippen molar-refractivity contribution in [1.82, 2.24) is 0 Å². The number of fused-ring (bicyclic) bond motifs is 15. The van der Waals surface area contributed by atoms with Crippen molar-refractivity contribution < 1.29 is 20.1 Å². The van der Waals surface area contributed by atoms with Crippen LogP contribution in [0.25, 0.3) is 0 Å². The summed E-state index contributed by atoms with van der Waals surface area (Å²) in [6, 6.07) is 0. The summed E-state index contributed by atoms with van der Waals surface area (Å²) in [5.41, 5.74) is 4.46. The molecule has 0 bridgehead atoms. The summed E-state index contributed by atoms with van der Waals surface area (Å²) in [6.45, 7) is 15.7. The predicted octanol–water partition coefficient (Wildman–Crippen LogP) is 13.2. The summed E-state index contributed by atoms with van der Waals surface area (Å²) in [6.07, 6.45) is 53.1. The van der Waals surface area contributed by atoms with Crippen LogP contribution in [0.5, 0.6) is 0 Å². The van der Waals surface area contributed by atoms with Crippen LogP contribution in [0.1, 0.15) is 188 Å². The lowest BCUT2D eigenvalue weighted by Gasteiger charge is -2.56. The summed E-state index contributed by atoms with van der Waals surface area (Å²) < 4.78 is 0. The van der Waals surface area contributed by atoms with E-state index in [0.29, 0.717) is 59.5 Å². The molecule has 4 heteroatoms. The molecule has 366 valence electrons. The third-order valence-corrected chi connectivity index (χ3v) is 23.7. The molecule has 0 aliphatic heterocycles. The van der Waals surface area contributed by atoms with Gasteiger partial charge >= 0.3 is 0 Å². The Bertz CT molecular complexity index is 2270. The van der Waals surface area contributed by atoms with E-state index in [1.54, 1.807) is 11.1 Å². The molecule has 4 nitrogen and oxygen atoms in total. The van der Waals surface area contributed by atoms with Gasteiger partial charge in [-0.1, -0.05) is 91.7 Å². The van der Waals surface area contributed by atoms with Crippen LogP contribution in [0.4, 0.5) is 0 Å². The first-order chi connectivity index (χ1) is 32.6. The zero-order valence-electron chi connectivity index (χ0n) is 42.4. The minimum Gasteiger partial charge on any atom is -0.377 e. The third kappa shape index (κ3) is 7.06. The van der Waals surface area contributed by atoms with Crippen molar-refractivity contribution >= 4 is 5.78 Å². The molecule has 12 aliphatic carbocycles. The monoisotopic (exact) mass is 919 g/mol. The van der Waals surface area contributed by atoms with Crippen molar-refractivity contribution in [1.29, 1.82) is 0 Å². The largest absolute Gasteiger partial charge is 0.377 e. The van der Waals surface area contributed by atoms with Gasteiger partial charge < -0.3 is 15.3 Å². The Morgan fingerprint density at radius 1 is 0.559 bits per heavy atom. The lowest BCUT2D eigenvalue weighted by Crippen LogP contribution is -2.54. The Morgan fingerprint density at radius 3 is 1.57 bits per heavy atom. The molecule has 18 atom stereocenters. The van der Waals surface area contributed by atoms with Gasteiger partial charge in [-0.2, -0.15) is 0 Å². The fraction of sp³-hybridized carbons (Fsp3) is 0.734. The van der Waals surface area contributed by atoms with Gasteiger partial charge in [0.1, 0.15) is 16.8 Å². The number of aliphatic hydroxyl groups is 3. The van der Waals surface area contributed by atoms with E-state index in [9.17, 15) is 20.1 Å². The Balaban J connectivity index is 0.000000119. The molecule has 0 spiro atoms. The van der Waals surface area contributed by atoms with Crippen LogP contribution >= 0.6 is 0 Å². The molecule has 0 saturated heterocycles. The van der Waals surface area contributed by atoms with Gasteiger partial charge in [-0.15, -0.1) is 19.3 Å². The highest BCUT2D eigenvalue weighted by Gasteiger charge is 2.66. The van der Waals surface area contributed by atoms with Crippen molar-refractivity contribution in [2.45, 2.75) is 205 Å². The van der Waals surface area contributed by atoms with E-state index >= 15 is 0 Å². The Kier molecular flexibility index (Phi) is 12.8. The van der Waals surface area contributed by atoms with Gasteiger partial charge in [0.05, 0.1) is 0 Å². The quantitative estimate of drug-likeness (QED) is 0.190. The fourth-order valence-corrected chi connectivity index (χ4v) is 20.5. The maximum atomic E-state index is 11.8. The molecule has 3 N–H and O–H groups in total. The van der Waals surface area contributed by atoms with Crippen LogP contribution in [0, 0.1) is 124 Å². The van der Waals surface area contributed by atoms with E-state index < -0.39 is 16.8 Å². The SMILES string of the molecule is C#C[C@]1(O)CC[C@H]2[C@@H]3CCC4=CC(=O)CC[C@@H]4[C@H]3C(=C)C[C@@]21CC.C#C[C@]1(O)CC[C@H]2[C@@H]3CCC4=CCCC[C@@H]4[C@H]3C(=C)C[C@@]21CC.C#C[C@]1(O)CC[C@H]2[C@@H]3CCC4=CCCC[C@@H]4[C@H]3CC[C@@]21C. The number of carbonyl (C=O) groups excluding carboxylic acids is 1. The fourth-order valence-electron chi connectivity index (χ4n) is 20.5. The maximum absolute atomic E-state index is 11.8. The summed E-state index contributed by atoms with van der Waals surface area (Å²) >= 11 is 0. The zero-order chi connectivity index (χ0) is 48.0. The van der Waals surface area contributed by atoms with Gasteiger partial charge in [-0.25, -0.2) is 0 Å². The van der Waals surface area contributed by atoms with Gasteiger partial charge in [0.15, 0.2) is 5.78 Å². The topological polar surface area (TPSA) is 77.8 Å². The Hall–Kier alpha value is -3.07. The first kappa shape index (κ1) is 48.6. The molecule has 0 radical (unpaired) electrons.